The minimum absolute atomic E-state index is 1.02. The van der Waals surface area contributed by atoms with Gasteiger partial charge in [0.05, 0.1) is 8.07 Å². The summed E-state index contributed by atoms with van der Waals surface area (Å²) in [4.78, 5) is 0. The van der Waals surface area contributed by atoms with Crippen LogP contribution in [-0.2, 0) is 0 Å². The van der Waals surface area contributed by atoms with Crippen LogP contribution in [0.2, 0.25) is 19.6 Å². The summed E-state index contributed by atoms with van der Waals surface area (Å²) < 4.78 is 0. The summed E-state index contributed by atoms with van der Waals surface area (Å²) in [6.45, 7) is 7.02. The summed E-state index contributed by atoms with van der Waals surface area (Å²) in [6, 6.07) is 10.5. The van der Waals surface area contributed by atoms with Gasteiger partial charge in [-0.2, -0.15) is 0 Å². The molecule has 0 radical (unpaired) electrons. The van der Waals surface area contributed by atoms with E-state index in [9.17, 15) is 0 Å². The average Bonchev–Trinajstić information content (AvgIpc) is 2.02. The number of rotatable bonds is 2. The smallest absolute Gasteiger partial charge is 0.0687 e. The summed E-state index contributed by atoms with van der Waals surface area (Å²) in [7, 11) is -1.02. The molecule has 0 unspecified atom stereocenters. The molecule has 0 N–H and O–H groups in total. The Hall–Kier alpha value is -0.823. The van der Waals surface area contributed by atoms with Crippen LogP contribution >= 0.6 is 0 Å². The Morgan fingerprint density at radius 2 is 1.58 bits per heavy atom. The second-order valence-corrected chi connectivity index (χ2v) is 9.18. The van der Waals surface area contributed by atoms with E-state index in [1.807, 2.05) is 6.07 Å². The second-order valence-electron chi connectivity index (χ2n) is 4.11. The first kappa shape index (κ1) is 9.27. The monoisotopic (exact) mass is 176 g/mol. The van der Waals surface area contributed by atoms with Crippen molar-refractivity contribution in [1.29, 1.82) is 0 Å². The fraction of sp³-hybridized carbons (Fsp3) is 0.273. The van der Waals surface area contributed by atoms with Crippen LogP contribution in [0.15, 0.2) is 36.0 Å². The lowest BCUT2D eigenvalue weighted by atomic mass is 10.2. The molecule has 0 aromatic heterocycles. The minimum atomic E-state index is -1.02. The predicted molar refractivity (Wildman–Crippen MR) is 58.8 cm³/mol. The summed E-state index contributed by atoms with van der Waals surface area (Å²) in [6.07, 6.45) is 2.23. The van der Waals surface area contributed by atoms with E-state index in [1.54, 1.807) is 0 Å². The van der Waals surface area contributed by atoms with Gasteiger partial charge in [-0.15, -0.1) is 0 Å². The zero-order chi connectivity index (χ0) is 9.03. The lowest BCUT2D eigenvalue weighted by Crippen LogP contribution is -2.15. The van der Waals surface area contributed by atoms with Crippen molar-refractivity contribution in [3.8, 4) is 0 Å². The lowest BCUT2D eigenvalue weighted by Gasteiger charge is -2.07. The van der Waals surface area contributed by atoms with Crippen LogP contribution in [0.3, 0.4) is 0 Å². The molecule has 0 spiro atoms. The zero-order valence-corrected chi connectivity index (χ0v) is 9.04. The van der Waals surface area contributed by atoms with Crippen LogP contribution in [0.4, 0.5) is 0 Å². The largest absolute Gasteiger partial charge is 0.0944 e. The normalized spacial score (nSPS) is 12.2. The first-order valence-corrected chi connectivity index (χ1v) is 7.90. The van der Waals surface area contributed by atoms with E-state index in [2.05, 4.69) is 55.7 Å². The Bertz CT molecular complexity index is 254. The summed E-state index contributed by atoms with van der Waals surface area (Å²) >= 11 is 0. The topological polar surface area (TPSA) is 0 Å². The second kappa shape index (κ2) is 3.72. The molecule has 0 heterocycles. The third kappa shape index (κ3) is 3.53. The molecule has 0 saturated carbocycles. The number of hydrogen-bond donors (Lipinski definition) is 0. The molecule has 1 heteroatoms. The van der Waals surface area contributed by atoms with Crippen LogP contribution in [0.5, 0.6) is 0 Å². The molecule has 1 aromatic rings. The molecular formula is C11H16Si. The van der Waals surface area contributed by atoms with E-state index in [-0.39, 0.29) is 0 Å². The van der Waals surface area contributed by atoms with Crippen molar-refractivity contribution in [3.63, 3.8) is 0 Å². The molecule has 0 atom stereocenters. The molecular weight excluding hydrogens is 160 g/mol. The highest BCUT2D eigenvalue weighted by Gasteiger charge is 2.06. The Balaban J connectivity index is 2.71. The number of benzene rings is 1. The maximum Gasteiger partial charge on any atom is 0.0687 e. The molecule has 1 aromatic carbocycles. The van der Waals surface area contributed by atoms with Gasteiger partial charge in [0.1, 0.15) is 0 Å². The fourth-order valence-electron chi connectivity index (χ4n) is 0.910. The zero-order valence-electron chi connectivity index (χ0n) is 8.04. The van der Waals surface area contributed by atoms with Gasteiger partial charge in [0.2, 0.25) is 0 Å². The Kier molecular flexibility index (Phi) is 2.87. The van der Waals surface area contributed by atoms with Gasteiger partial charge in [-0.25, -0.2) is 0 Å². The molecule has 0 nitrogen and oxygen atoms in total. The van der Waals surface area contributed by atoms with E-state index in [1.165, 1.54) is 5.56 Å². The summed E-state index contributed by atoms with van der Waals surface area (Å²) in [5, 5.41) is 0. The van der Waals surface area contributed by atoms with E-state index in [0.717, 1.165) is 0 Å². The standard InChI is InChI=1S/C11H16Si/c1-12(2,3)10-9-11-7-5-4-6-8-11/h4-10H,1-3H3/b10-9+. The molecule has 0 saturated heterocycles. The first-order valence-electron chi connectivity index (χ1n) is 4.32. The van der Waals surface area contributed by atoms with Crippen LogP contribution in [-0.4, -0.2) is 8.07 Å². The van der Waals surface area contributed by atoms with E-state index in [0.29, 0.717) is 0 Å². The van der Waals surface area contributed by atoms with E-state index in [4.69, 9.17) is 0 Å². The van der Waals surface area contributed by atoms with Crippen molar-refractivity contribution < 1.29 is 0 Å². The number of hydrogen-bond acceptors (Lipinski definition) is 0. The SMILES string of the molecule is C[Si](C)(C)/C=C/c1ccccc1. The van der Waals surface area contributed by atoms with Crippen molar-refractivity contribution in [2.45, 2.75) is 19.6 Å². The minimum Gasteiger partial charge on any atom is -0.0944 e. The van der Waals surface area contributed by atoms with Crippen molar-refractivity contribution in [1.82, 2.24) is 0 Å². The van der Waals surface area contributed by atoms with Gasteiger partial charge < -0.3 is 0 Å². The Morgan fingerprint density at radius 3 is 2.08 bits per heavy atom. The van der Waals surface area contributed by atoms with Crippen molar-refractivity contribution in [3.05, 3.63) is 41.6 Å². The molecule has 0 fully saturated rings. The summed E-state index contributed by atoms with van der Waals surface area (Å²) in [5.41, 5.74) is 3.67. The first-order chi connectivity index (χ1) is 5.58. The molecule has 0 aliphatic rings. The van der Waals surface area contributed by atoms with Crippen LogP contribution in [0, 0.1) is 0 Å². The van der Waals surface area contributed by atoms with Crippen molar-refractivity contribution in [2.24, 2.45) is 0 Å². The maximum absolute atomic E-state index is 2.36. The molecule has 12 heavy (non-hydrogen) atoms. The van der Waals surface area contributed by atoms with E-state index >= 15 is 0 Å². The highest BCUT2D eigenvalue weighted by molar-refractivity contribution is 6.81. The van der Waals surface area contributed by atoms with Crippen LogP contribution < -0.4 is 0 Å². The summed E-state index contributed by atoms with van der Waals surface area (Å²) in [5.74, 6) is 0. The van der Waals surface area contributed by atoms with Crippen molar-refractivity contribution in [2.75, 3.05) is 0 Å². The van der Waals surface area contributed by atoms with Crippen LogP contribution in [0.1, 0.15) is 5.56 Å². The fourth-order valence-corrected chi connectivity index (χ4v) is 1.60. The predicted octanol–water partition coefficient (Wildman–Crippen LogP) is 3.58. The Labute approximate surface area is 75.9 Å². The molecule has 1 rings (SSSR count). The average molecular weight is 176 g/mol. The molecule has 0 aliphatic heterocycles. The van der Waals surface area contributed by atoms with Crippen molar-refractivity contribution >= 4 is 14.1 Å². The van der Waals surface area contributed by atoms with Gasteiger partial charge in [0.15, 0.2) is 0 Å². The Morgan fingerprint density at radius 1 is 1.00 bits per heavy atom. The third-order valence-electron chi connectivity index (χ3n) is 1.58. The quantitative estimate of drug-likeness (QED) is 0.604. The molecule has 0 aliphatic carbocycles. The van der Waals surface area contributed by atoms with Crippen LogP contribution in [0.25, 0.3) is 6.08 Å². The van der Waals surface area contributed by atoms with Gasteiger partial charge >= 0.3 is 0 Å². The van der Waals surface area contributed by atoms with Gasteiger partial charge in [-0.3, -0.25) is 0 Å². The van der Waals surface area contributed by atoms with Gasteiger partial charge in [0.25, 0.3) is 0 Å². The van der Waals surface area contributed by atoms with E-state index < -0.39 is 8.07 Å². The molecule has 0 amide bonds. The highest BCUT2D eigenvalue weighted by Crippen LogP contribution is 2.07. The van der Waals surface area contributed by atoms with Gasteiger partial charge in [-0.05, 0) is 5.56 Å². The van der Waals surface area contributed by atoms with Gasteiger partial charge in [0, 0.05) is 0 Å². The highest BCUT2D eigenvalue weighted by atomic mass is 28.3. The third-order valence-corrected chi connectivity index (χ3v) is 2.74. The lowest BCUT2D eigenvalue weighted by molar-refractivity contribution is 1.66. The molecule has 0 bridgehead atoms. The van der Waals surface area contributed by atoms with Gasteiger partial charge in [-0.1, -0.05) is 61.7 Å². The molecule has 64 valence electrons. The maximum atomic E-state index is 2.36.